The highest BCUT2D eigenvalue weighted by Gasteiger charge is 2.17. The van der Waals surface area contributed by atoms with Crippen molar-refractivity contribution in [2.45, 2.75) is 77.2 Å². The number of amides is 2. The molecule has 0 saturated carbocycles. The Morgan fingerprint density at radius 2 is 1.55 bits per heavy atom. The summed E-state index contributed by atoms with van der Waals surface area (Å²) in [4.78, 5) is 39.2. The maximum Gasteiger partial charge on any atom is 0.305 e. The average molecular weight is 472 g/mol. The van der Waals surface area contributed by atoms with Crippen molar-refractivity contribution in [2.75, 3.05) is 39.3 Å². The summed E-state index contributed by atoms with van der Waals surface area (Å²) in [5.74, 6) is -0.320. The zero-order valence-electron chi connectivity index (χ0n) is 20.2. The first-order valence-electron chi connectivity index (χ1n) is 12.1. The first-order valence-corrected chi connectivity index (χ1v) is 12.1. The van der Waals surface area contributed by atoms with E-state index in [4.69, 9.17) is 21.9 Å². The topological polar surface area (TPSA) is 187 Å². The molecule has 0 rings (SSSR count). The molecule has 1 unspecified atom stereocenters. The second kappa shape index (κ2) is 21.4. The Labute approximate surface area is 198 Å². The average Bonchev–Trinajstić information content (AvgIpc) is 2.78. The predicted molar refractivity (Wildman–Crippen MR) is 130 cm³/mol. The summed E-state index contributed by atoms with van der Waals surface area (Å²) in [5.41, 5.74) is 16.0. The fourth-order valence-electron chi connectivity index (χ4n) is 2.96. The van der Waals surface area contributed by atoms with Gasteiger partial charge in [-0.2, -0.15) is 0 Å². The first kappa shape index (κ1) is 30.6. The van der Waals surface area contributed by atoms with Crippen LogP contribution in [0.3, 0.4) is 0 Å². The standard InChI is InChI=1S/C22H45N7O4/c1-2-21(32)33-18(9-3-4-15-29-22(24)25)17-20(31)28-14-6-5-12-26-13-8-16-27-19(30)10-7-11-23/h18,26H,2-17,23H2,1H3,(H,27,30)(H,28,31)(H4,24,25,29). The van der Waals surface area contributed by atoms with Gasteiger partial charge < -0.3 is 37.9 Å². The van der Waals surface area contributed by atoms with Crippen molar-refractivity contribution < 1.29 is 19.1 Å². The van der Waals surface area contributed by atoms with Gasteiger partial charge in [0, 0.05) is 32.5 Å². The number of carbonyl (C=O) groups excluding carboxylic acids is 3. The van der Waals surface area contributed by atoms with Gasteiger partial charge in [0.1, 0.15) is 6.10 Å². The summed E-state index contributed by atoms with van der Waals surface area (Å²) in [5, 5.41) is 9.08. The molecule has 0 aliphatic rings. The Morgan fingerprint density at radius 1 is 0.879 bits per heavy atom. The van der Waals surface area contributed by atoms with Crippen molar-refractivity contribution in [3.63, 3.8) is 0 Å². The molecule has 192 valence electrons. The maximum atomic E-state index is 12.2. The molecule has 2 amide bonds. The van der Waals surface area contributed by atoms with E-state index in [0.29, 0.717) is 45.4 Å². The van der Waals surface area contributed by atoms with E-state index in [2.05, 4.69) is 20.9 Å². The molecule has 33 heavy (non-hydrogen) atoms. The third-order valence-corrected chi connectivity index (χ3v) is 4.79. The van der Waals surface area contributed by atoms with E-state index < -0.39 is 6.10 Å². The monoisotopic (exact) mass is 471 g/mol. The molecule has 11 nitrogen and oxygen atoms in total. The number of guanidine groups is 1. The fourth-order valence-corrected chi connectivity index (χ4v) is 2.96. The number of nitrogens with zero attached hydrogens (tertiary/aromatic N) is 1. The number of hydrogen-bond acceptors (Lipinski definition) is 7. The number of rotatable bonds is 21. The third kappa shape index (κ3) is 21.2. The molecule has 0 aliphatic heterocycles. The van der Waals surface area contributed by atoms with Gasteiger partial charge in [-0.25, -0.2) is 0 Å². The van der Waals surface area contributed by atoms with Gasteiger partial charge in [-0.15, -0.1) is 0 Å². The highest BCUT2D eigenvalue weighted by molar-refractivity contribution is 5.77. The summed E-state index contributed by atoms with van der Waals surface area (Å²) >= 11 is 0. The maximum absolute atomic E-state index is 12.2. The normalized spacial score (nSPS) is 11.5. The zero-order chi connectivity index (χ0) is 24.7. The van der Waals surface area contributed by atoms with Crippen LogP contribution in [0.2, 0.25) is 0 Å². The van der Waals surface area contributed by atoms with Crippen LogP contribution in [0.1, 0.15) is 71.1 Å². The number of nitrogens with one attached hydrogen (secondary N) is 3. The summed E-state index contributed by atoms with van der Waals surface area (Å²) in [7, 11) is 0. The van der Waals surface area contributed by atoms with Gasteiger partial charge in [-0.3, -0.25) is 19.4 Å². The molecule has 0 bridgehead atoms. The quantitative estimate of drug-likeness (QED) is 0.0578. The van der Waals surface area contributed by atoms with Crippen molar-refractivity contribution in [3.05, 3.63) is 0 Å². The lowest BCUT2D eigenvalue weighted by Gasteiger charge is -2.17. The molecule has 0 heterocycles. The van der Waals surface area contributed by atoms with Crippen molar-refractivity contribution in [3.8, 4) is 0 Å². The Kier molecular flexibility index (Phi) is 19.9. The van der Waals surface area contributed by atoms with Crippen LogP contribution in [-0.2, 0) is 19.1 Å². The summed E-state index contributed by atoms with van der Waals surface area (Å²) < 4.78 is 5.40. The molecule has 9 N–H and O–H groups in total. The van der Waals surface area contributed by atoms with Crippen LogP contribution >= 0.6 is 0 Å². The molecule has 0 aromatic rings. The van der Waals surface area contributed by atoms with Gasteiger partial charge in [-0.05, 0) is 64.6 Å². The Hall–Kier alpha value is -2.40. The Balaban J connectivity index is 3.84. The number of aliphatic imine (C=N–C) groups is 1. The fraction of sp³-hybridized carbons (Fsp3) is 0.818. The molecule has 1 atom stereocenters. The van der Waals surface area contributed by atoms with Gasteiger partial charge >= 0.3 is 5.97 Å². The van der Waals surface area contributed by atoms with Crippen molar-refractivity contribution >= 4 is 23.7 Å². The minimum absolute atomic E-state index is 0.0498. The van der Waals surface area contributed by atoms with Crippen LogP contribution in [0, 0.1) is 0 Å². The van der Waals surface area contributed by atoms with E-state index in [1.54, 1.807) is 6.92 Å². The second-order valence-corrected chi connectivity index (χ2v) is 7.87. The van der Waals surface area contributed by atoms with Crippen LogP contribution in [0.5, 0.6) is 0 Å². The van der Waals surface area contributed by atoms with Crippen LogP contribution in [-0.4, -0.2) is 69.1 Å². The number of esters is 1. The predicted octanol–water partition coefficient (Wildman–Crippen LogP) is -0.127. The SMILES string of the molecule is CCC(=O)OC(CCCCN=C(N)N)CC(=O)NCCCCNCCCNC(=O)CCCN. The number of unbranched alkanes of at least 4 members (excludes halogenated alkanes) is 2. The minimum Gasteiger partial charge on any atom is -0.462 e. The molecular formula is C22H45N7O4. The number of nitrogens with two attached hydrogens (primary N) is 3. The molecule has 0 fully saturated rings. The minimum atomic E-state index is -0.436. The first-order chi connectivity index (χ1) is 15.9. The molecule has 0 aromatic carbocycles. The van der Waals surface area contributed by atoms with Gasteiger partial charge in [0.15, 0.2) is 5.96 Å². The smallest absolute Gasteiger partial charge is 0.305 e. The van der Waals surface area contributed by atoms with Crippen molar-refractivity contribution in [2.24, 2.45) is 22.2 Å². The van der Waals surface area contributed by atoms with Crippen LogP contribution in [0.25, 0.3) is 0 Å². The number of carbonyl (C=O) groups is 3. The molecular weight excluding hydrogens is 426 g/mol. The zero-order valence-corrected chi connectivity index (χ0v) is 20.2. The van der Waals surface area contributed by atoms with E-state index in [-0.39, 0.29) is 36.6 Å². The summed E-state index contributed by atoms with van der Waals surface area (Å²) in [6.45, 7) is 5.69. The van der Waals surface area contributed by atoms with E-state index in [9.17, 15) is 14.4 Å². The molecule has 0 aliphatic carbocycles. The lowest BCUT2D eigenvalue weighted by atomic mass is 10.1. The number of ether oxygens (including phenoxy) is 1. The molecule has 0 aromatic heterocycles. The highest BCUT2D eigenvalue weighted by atomic mass is 16.5. The third-order valence-electron chi connectivity index (χ3n) is 4.79. The Bertz CT molecular complexity index is 569. The van der Waals surface area contributed by atoms with Gasteiger partial charge in [0.05, 0.1) is 6.42 Å². The van der Waals surface area contributed by atoms with Crippen LogP contribution in [0.15, 0.2) is 4.99 Å². The molecule has 0 saturated heterocycles. The van der Waals surface area contributed by atoms with Crippen LogP contribution in [0.4, 0.5) is 0 Å². The lowest BCUT2D eigenvalue weighted by molar-refractivity contribution is -0.150. The van der Waals surface area contributed by atoms with Crippen molar-refractivity contribution in [1.82, 2.24) is 16.0 Å². The summed E-state index contributed by atoms with van der Waals surface area (Å²) in [6, 6.07) is 0. The lowest BCUT2D eigenvalue weighted by Crippen LogP contribution is -2.31. The van der Waals surface area contributed by atoms with Crippen molar-refractivity contribution in [1.29, 1.82) is 0 Å². The number of hydrogen-bond donors (Lipinski definition) is 6. The largest absolute Gasteiger partial charge is 0.462 e. The molecule has 0 radical (unpaired) electrons. The Morgan fingerprint density at radius 3 is 2.24 bits per heavy atom. The van der Waals surface area contributed by atoms with Gasteiger partial charge in [-0.1, -0.05) is 6.92 Å². The van der Waals surface area contributed by atoms with E-state index in [1.165, 1.54) is 0 Å². The van der Waals surface area contributed by atoms with E-state index >= 15 is 0 Å². The molecule has 11 heteroatoms. The second-order valence-electron chi connectivity index (χ2n) is 7.87. The highest BCUT2D eigenvalue weighted by Crippen LogP contribution is 2.11. The van der Waals surface area contributed by atoms with Gasteiger partial charge in [0.25, 0.3) is 0 Å². The molecule has 0 spiro atoms. The summed E-state index contributed by atoms with van der Waals surface area (Å²) in [6.07, 6.45) is 5.96. The van der Waals surface area contributed by atoms with E-state index in [0.717, 1.165) is 45.2 Å². The van der Waals surface area contributed by atoms with Crippen LogP contribution < -0.4 is 33.2 Å². The van der Waals surface area contributed by atoms with E-state index in [1.807, 2.05) is 0 Å². The van der Waals surface area contributed by atoms with Gasteiger partial charge in [0.2, 0.25) is 11.8 Å².